The fourth-order valence-corrected chi connectivity index (χ4v) is 4.23. The summed E-state index contributed by atoms with van der Waals surface area (Å²) in [6.07, 6.45) is 3.06. The third-order valence-corrected chi connectivity index (χ3v) is 6.21. The highest BCUT2D eigenvalue weighted by molar-refractivity contribution is 14.1. The van der Waals surface area contributed by atoms with E-state index in [1.807, 2.05) is 24.3 Å². The molecule has 2 aliphatic rings. The van der Waals surface area contributed by atoms with Gasteiger partial charge in [0.15, 0.2) is 0 Å². The third-order valence-electron chi connectivity index (χ3n) is 5.23. The molecule has 0 unspecified atom stereocenters. The van der Waals surface area contributed by atoms with E-state index < -0.39 is 6.04 Å². The van der Waals surface area contributed by atoms with E-state index in [4.69, 9.17) is 4.74 Å². The lowest BCUT2D eigenvalue weighted by molar-refractivity contribution is -0.146. The second-order valence-electron chi connectivity index (χ2n) is 6.81. The van der Waals surface area contributed by atoms with Crippen molar-refractivity contribution in [2.75, 3.05) is 7.05 Å². The molecule has 3 rings (SSSR count). The third kappa shape index (κ3) is 3.54. The Labute approximate surface area is 161 Å². The Balaban J connectivity index is 1.97. The van der Waals surface area contributed by atoms with Crippen molar-refractivity contribution in [1.82, 2.24) is 10.2 Å². The van der Waals surface area contributed by atoms with Crippen LogP contribution >= 0.6 is 22.6 Å². The summed E-state index contributed by atoms with van der Waals surface area (Å²) >= 11 is 2.23. The number of nitrogens with zero attached hydrogens (tertiary/aromatic N) is 1. The van der Waals surface area contributed by atoms with E-state index in [-0.39, 0.29) is 18.1 Å². The number of ether oxygens (including phenoxy) is 1. The van der Waals surface area contributed by atoms with Crippen LogP contribution in [-0.4, -0.2) is 30.1 Å². The molecule has 0 aromatic heterocycles. The number of carbonyl (C=O) groups excluding carboxylic acids is 2. The highest BCUT2D eigenvalue weighted by Gasteiger charge is 2.37. The summed E-state index contributed by atoms with van der Waals surface area (Å²) < 4.78 is 6.83. The lowest BCUT2D eigenvalue weighted by Gasteiger charge is -2.34. The van der Waals surface area contributed by atoms with Crippen LogP contribution < -0.4 is 5.32 Å². The lowest BCUT2D eigenvalue weighted by atomic mass is 9.95. The zero-order valence-electron chi connectivity index (χ0n) is 14.7. The van der Waals surface area contributed by atoms with Crippen LogP contribution in [-0.2, 0) is 9.53 Å². The van der Waals surface area contributed by atoms with Crippen LogP contribution in [0.2, 0.25) is 0 Å². The van der Waals surface area contributed by atoms with Crippen molar-refractivity contribution in [2.45, 2.75) is 45.3 Å². The first-order valence-corrected chi connectivity index (χ1v) is 9.68. The maximum atomic E-state index is 13.0. The SMILES string of the molecule is CC1=C(C(=O)O[C@H]2CCC[C@@H]2C)[C@@H](c2ccccc2I)NC(=O)N1C. The first kappa shape index (κ1) is 18.2. The molecule has 6 heteroatoms. The molecule has 1 heterocycles. The smallest absolute Gasteiger partial charge is 0.338 e. The van der Waals surface area contributed by atoms with E-state index in [0.29, 0.717) is 17.2 Å². The number of halogens is 1. The van der Waals surface area contributed by atoms with Crippen LogP contribution in [0.1, 0.15) is 44.7 Å². The number of nitrogens with one attached hydrogen (secondary N) is 1. The zero-order valence-corrected chi connectivity index (χ0v) is 16.9. The molecule has 3 atom stereocenters. The van der Waals surface area contributed by atoms with E-state index in [2.05, 4.69) is 34.8 Å². The van der Waals surface area contributed by atoms with Gasteiger partial charge in [-0.25, -0.2) is 9.59 Å². The van der Waals surface area contributed by atoms with Gasteiger partial charge in [-0.1, -0.05) is 25.1 Å². The van der Waals surface area contributed by atoms with Crippen LogP contribution in [0.4, 0.5) is 4.79 Å². The predicted molar refractivity (Wildman–Crippen MR) is 104 cm³/mol. The molecule has 0 bridgehead atoms. The Hall–Kier alpha value is -1.57. The number of urea groups is 1. The molecular weight excluding hydrogens is 431 g/mol. The molecule has 1 aliphatic carbocycles. The first-order chi connectivity index (χ1) is 11.9. The molecule has 1 N–H and O–H groups in total. The molecule has 1 aliphatic heterocycles. The number of carbonyl (C=O) groups is 2. The van der Waals surface area contributed by atoms with Crippen LogP contribution in [0.25, 0.3) is 0 Å². The number of hydrogen-bond donors (Lipinski definition) is 1. The maximum absolute atomic E-state index is 13.0. The standard InChI is InChI=1S/C19H23IN2O3/c1-11-7-6-10-15(11)25-18(23)16-12(2)22(3)19(24)21-17(16)13-8-4-5-9-14(13)20/h4-5,8-9,11,15,17H,6-7,10H2,1-3H3,(H,21,24)/t11-,15-,17+/m0/s1. The largest absolute Gasteiger partial charge is 0.459 e. The summed E-state index contributed by atoms with van der Waals surface area (Å²) in [5, 5.41) is 2.94. The molecule has 134 valence electrons. The highest BCUT2D eigenvalue weighted by Crippen LogP contribution is 2.35. The summed E-state index contributed by atoms with van der Waals surface area (Å²) in [5.41, 5.74) is 2.07. The quantitative estimate of drug-likeness (QED) is 0.555. The van der Waals surface area contributed by atoms with Crippen molar-refractivity contribution < 1.29 is 14.3 Å². The molecule has 1 aromatic carbocycles. The summed E-state index contributed by atoms with van der Waals surface area (Å²) in [4.78, 5) is 26.8. The van der Waals surface area contributed by atoms with Crippen molar-refractivity contribution in [3.05, 3.63) is 44.7 Å². The molecule has 5 nitrogen and oxygen atoms in total. The van der Waals surface area contributed by atoms with E-state index in [1.165, 1.54) is 4.90 Å². The van der Waals surface area contributed by atoms with Crippen LogP contribution in [0.3, 0.4) is 0 Å². The normalized spacial score (nSPS) is 26.6. The monoisotopic (exact) mass is 454 g/mol. The van der Waals surface area contributed by atoms with Gasteiger partial charge in [0, 0.05) is 16.3 Å². The molecule has 2 amide bonds. The number of amides is 2. The first-order valence-electron chi connectivity index (χ1n) is 8.60. The zero-order chi connectivity index (χ0) is 18.1. The Morgan fingerprint density at radius 3 is 2.68 bits per heavy atom. The Morgan fingerprint density at radius 2 is 2.04 bits per heavy atom. The number of benzene rings is 1. The van der Waals surface area contributed by atoms with Crippen molar-refractivity contribution in [3.63, 3.8) is 0 Å². The summed E-state index contributed by atoms with van der Waals surface area (Å²) in [7, 11) is 1.67. The van der Waals surface area contributed by atoms with E-state index in [9.17, 15) is 9.59 Å². The van der Waals surface area contributed by atoms with E-state index >= 15 is 0 Å². The van der Waals surface area contributed by atoms with E-state index in [0.717, 1.165) is 28.4 Å². The minimum atomic E-state index is -0.485. The van der Waals surface area contributed by atoms with Gasteiger partial charge in [0.2, 0.25) is 0 Å². The molecule has 0 radical (unpaired) electrons. The maximum Gasteiger partial charge on any atom is 0.338 e. The van der Waals surface area contributed by atoms with Crippen molar-refractivity contribution >= 4 is 34.6 Å². The minimum absolute atomic E-state index is 0.0359. The van der Waals surface area contributed by atoms with E-state index in [1.54, 1.807) is 14.0 Å². The Kier molecular flexibility index (Phi) is 5.36. The van der Waals surface area contributed by atoms with Gasteiger partial charge in [0.25, 0.3) is 0 Å². The number of hydrogen-bond acceptors (Lipinski definition) is 3. The number of rotatable bonds is 3. The molecule has 25 heavy (non-hydrogen) atoms. The summed E-state index contributed by atoms with van der Waals surface area (Å²) in [6, 6.07) is 7.07. The number of esters is 1. The van der Waals surface area contributed by atoms with Crippen molar-refractivity contribution in [3.8, 4) is 0 Å². The molecule has 1 aromatic rings. The Bertz CT molecular complexity index is 731. The van der Waals surface area contributed by atoms with Crippen molar-refractivity contribution in [1.29, 1.82) is 0 Å². The lowest BCUT2D eigenvalue weighted by Crippen LogP contribution is -2.46. The highest BCUT2D eigenvalue weighted by atomic mass is 127. The second kappa shape index (κ2) is 7.35. The minimum Gasteiger partial charge on any atom is -0.459 e. The molecular formula is C19H23IN2O3. The fourth-order valence-electron chi connectivity index (χ4n) is 3.53. The van der Waals surface area contributed by atoms with Gasteiger partial charge in [0.05, 0.1) is 11.6 Å². The van der Waals surface area contributed by atoms with Gasteiger partial charge in [0.1, 0.15) is 6.10 Å². The van der Waals surface area contributed by atoms with Gasteiger partial charge < -0.3 is 15.0 Å². The summed E-state index contributed by atoms with van der Waals surface area (Å²) in [5.74, 6) is 0.0591. The van der Waals surface area contributed by atoms with Gasteiger partial charge >= 0.3 is 12.0 Å². The summed E-state index contributed by atoms with van der Waals surface area (Å²) in [6.45, 7) is 3.93. The average Bonchev–Trinajstić information content (AvgIpc) is 2.97. The molecule has 0 spiro atoms. The van der Waals surface area contributed by atoms with Gasteiger partial charge in [-0.05, 0) is 66.3 Å². The van der Waals surface area contributed by atoms with Crippen LogP contribution in [0.5, 0.6) is 0 Å². The second-order valence-corrected chi connectivity index (χ2v) is 7.98. The molecule has 1 fully saturated rings. The van der Waals surface area contributed by atoms with Crippen molar-refractivity contribution in [2.24, 2.45) is 5.92 Å². The Morgan fingerprint density at radius 1 is 1.32 bits per heavy atom. The van der Waals surface area contributed by atoms with Gasteiger partial charge in [-0.2, -0.15) is 0 Å². The van der Waals surface area contributed by atoms with Gasteiger partial charge in [-0.3, -0.25) is 0 Å². The predicted octanol–water partition coefficient (Wildman–Crippen LogP) is 3.99. The fraction of sp³-hybridized carbons (Fsp3) is 0.474. The van der Waals surface area contributed by atoms with Crippen LogP contribution in [0.15, 0.2) is 35.5 Å². The molecule has 0 saturated heterocycles. The molecule has 1 saturated carbocycles. The van der Waals surface area contributed by atoms with Crippen LogP contribution in [0, 0.1) is 9.49 Å². The topological polar surface area (TPSA) is 58.6 Å². The average molecular weight is 454 g/mol. The van der Waals surface area contributed by atoms with Gasteiger partial charge in [-0.15, -0.1) is 0 Å². The number of allylic oxidation sites excluding steroid dienone is 1.